The van der Waals surface area contributed by atoms with Crippen molar-refractivity contribution < 1.29 is 9.50 Å². The lowest BCUT2D eigenvalue weighted by molar-refractivity contribution is 0.302. The molecule has 3 aromatic rings. The third-order valence-corrected chi connectivity index (χ3v) is 4.63. The van der Waals surface area contributed by atoms with E-state index in [0.717, 1.165) is 21.3 Å². The molecule has 120 valence electrons. The number of halogens is 2. The van der Waals surface area contributed by atoms with Gasteiger partial charge in [0.25, 0.3) is 0 Å². The molecule has 0 atom stereocenters. The molecule has 0 amide bonds. The van der Waals surface area contributed by atoms with Gasteiger partial charge in [-0.25, -0.2) is 9.37 Å². The summed E-state index contributed by atoms with van der Waals surface area (Å²) < 4.78 is 13.2. The number of hydrogen-bond acceptors (Lipinski definition) is 5. The Morgan fingerprint density at radius 2 is 2.00 bits per heavy atom. The molecule has 2 heterocycles. The zero-order valence-electron chi connectivity index (χ0n) is 12.5. The maximum absolute atomic E-state index is 13.2. The first-order chi connectivity index (χ1) is 11.1. The molecule has 0 spiro atoms. The zero-order chi connectivity index (χ0) is 16.4. The van der Waals surface area contributed by atoms with Gasteiger partial charge in [0, 0.05) is 24.0 Å². The molecular formula is C16H15ClFN3OS. The van der Waals surface area contributed by atoms with Crippen molar-refractivity contribution >= 4 is 39.0 Å². The van der Waals surface area contributed by atoms with Crippen LogP contribution in [0.5, 0.6) is 0 Å². The first-order valence-corrected chi connectivity index (χ1v) is 8.46. The number of benzene rings is 1. The van der Waals surface area contributed by atoms with Crippen molar-refractivity contribution in [2.75, 3.05) is 24.6 Å². The van der Waals surface area contributed by atoms with E-state index in [1.807, 2.05) is 17.2 Å². The number of rotatable bonds is 5. The lowest BCUT2D eigenvalue weighted by atomic mass is 10.1. The topological polar surface area (TPSA) is 49.2 Å². The molecule has 1 aromatic carbocycles. The molecule has 0 saturated heterocycles. The quantitative estimate of drug-likeness (QED) is 0.707. The van der Waals surface area contributed by atoms with Gasteiger partial charge in [0.2, 0.25) is 5.28 Å². The van der Waals surface area contributed by atoms with Gasteiger partial charge in [-0.1, -0.05) is 12.1 Å². The lowest BCUT2D eigenvalue weighted by Crippen LogP contribution is -2.27. The number of anilines is 1. The summed E-state index contributed by atoms with van der Waals surface area (Å²) >= 11 is 7.52. The third-order valence-electron chi connectivity index (χ3n) is 3.59. The van der Waals surface area contributed by atoms with Gasteiger partial charge in [0.15, 0.2) is 0 Å². The Morgan fingerprint density at radius 1 is 1.26 bits per heavy atom. The minimum Gasteiger partial charge on any atom is -0.395 e. The highest BCUT2D eigenvalue weighted by atomic mass is 35.5. The van der Waals surface area contributed by atoms with Crippen molar-refractivity contribution in [3.8, 4) is 11.1 Å². The normalized spacial score (nSPS) is 11.1. The first-order valence-electron chi connectivity index (χ1n) is 7.20. The van der Waals surface area contributed by atoms with Crippen LogP contribution in [0.2, 0.25) is 5.28 Å². The predicted octanol–water partition coefficient (Wildman–Crippen LogP) is 3.97. The largest absolute Gasteiger partial charge is 0.395 e. The second-order valence-corrected chi connectivity index (χ2v) is 6.15. The molecule has 0 radical (unpaired) electrons. The van der Waals surface area contributed by atoms with Crippen LogP contribution < -0.4 is 4.90 Å². The summed E-state index contributed by atoms with van der Waals surface area (Å²) in [4.78, 5) is 11.4. The van der Waals surface area contributed by atoms with E-state index < -0.39 is 0 Å². The molecule has 3 rings (SSSR count). The van der Waals surface area contributed by atoms with Crippen molar-refractivity contribution in [1.29, 1.82) is 0 Å². The van der Waals surface area contributed by atoms with Crippen LogP contribution in [0.15, 0.2) is 29.6 Å². The summed E-state index contributed by atoms with van der Waals surface area (Å²) in [5.41, 5.74) is 1.83. The maximum Gasteiger partial charge on any atom is 0.225 e. The molecular weight excluding hydrogens is 337 g/mol. The van der Waals surface area contributed by atoms with Crippen molar-refractivity contribution in [3.05, 3.63) is 40.7 Å². The standard InChI is InChI=1S/C16H15ClFN3OS/c1-2-21(7-8-22)14-13-12(10-3-5-11(18)6-4-10)9-23-15(13)20-16(17)19-14/h3-6,9,22H,2,7-8H2,1H3. The van der Waals surface area contributed by atoms with Crippen molar-refractivity contribution in [2.45, 2.75) is 6.92 Å². The van der Waals surface area contributed by atoms with E-state index in [9.17, 15) is 9.50 Å². The smallest absolute Gasteiger partial charge is 0.225 e. The van der Waals surface area contributed by atoms with Gasteiger partial charge >= 0.3 is 0 Å². The zero-order valence-corrected chi connectivity index (χ0v) is 14.0. The Bertz CT molecular complexity index is 822. The fourth-order valence-electron chi connectivity index (χ4n) is 2.50. The summed E-state index contributed by atoms with van der Waals surface area (Å²) in [5.74, 6) is 0.417. The van der Waals surface area contributed by atoms with Crippen LogP contribution in [0.3, 0.4) is 0 Å². The molecule has 0 unspecified atom stereocenters. The summed E-state index contributed by atoms with van der Waals surface area (Å²) in [6.07, 6.45) is 0. The highest BCUT2D eigenvalue weighted by Crippen LogP contribution is 2.38. The summed E-state index contributed by atoms with van der Waals surface area (Å²) in [5, 5.41) is 12.3. The Kier molecular flexibility index (Phi) is 4.75. The van der Waals surface area contributed by atoms with Crippen molar-refractivity contribution in [1.82, 2.24) is 9.97 Å². The van der Waals surface area contributed by atoms with E-state index in [0.29, 0.717) is 18.9 Å². The molecule has 0 aliphatic rings. The molecule has 1 N–H and O–H groups in total. The molecule has 2 aromatic heterocycles. The van der Waals surface area contributed by atoms with Crippen LogP contribution in [0, 0.1) is 5.82 Å². The van der Waals surface area contributed by atoms with Gasteiger partial charge in [0.05, 0.1) is 12.0 Å². The van der Waals surface area contributed by atoms with Crippen LogP contribution >= 0.6 is 22.9 Å². The number of aliphatic hydroxyl groups is 1. The molecule has 23 heavy (non-hydrogen) atoms. The number of thiophene rings is 1. The summed E-state index contributed by atoms with van der Waals surface area (Å²) in [7, 11) is 0. The first kappa shape index (κ1) is 16.1. The lowest BCUT2D eigenvalue weighted by Gasteiger charge is -2.22. The van der Waals surface area contributed by atoms with Crippen molar-refractivity contribution in [3.63, 3.8) is 0 Å². The van der Waals surface area contributed by atoms with E-state index >= 15 is 0 Å². The van der Waals surface area contributed by atoms with Crippen molar-refractivity contribution in [2.24, 2.45) is 0 Å². The molecule has 0 aliphatic heterocycles. The minimum atomic E-state index is -0.275. The second kappa shape index (κ2) is 6.78. The van der Waals surface area contributed by atoms with E-state index in [-0.39, 0.29) is 17.7 Å². The van der Waals surface area contributed by atoms with Crippen LogP contribution in [0.1, 0.15) is 6.92 Å². The molecule has 0 aliphatic carbocycles. The van der Waals surface area contributed by atoms with E-state index in [1.165, 1.54) is 23.5 Å². The number of aliphatic hydroxyl groups excluding tert-OH is 1. The van der Waals surface area contributed by atoms with Crippen LogP contribution in [-0.2, 0) is 0 Å². The predicted molar refractivity (Wildman–Crippen MR) is 92.8 cm³/mol. The number of nitrogens with zero attached hydrogens (tertiary/aromatic N) is 3. The molecule has 0 fully saturated rings. The molecule has 0 bridgehead atoms. The molecule has 4 nitrogen and oxygen atoms in total. The third kappa shape index (κ3) is 3.15. The van der Waals surface area contributed by atoms with E-state index in [4.69, 9.17) is 11.6 Å². The van der Waals surface area contributed by atoms with Gasteiger partial charge in [0.1, 0.15) is 16.5 Å². The van der Waals surface area contributed by atoms with E-state index in [1.54, 1.807) is 12.1 Å². The van der Waals surface area contributed by atoms with Gasteiger partial charge in [-0.2, -0.15) is 4.98 Å². The SMILES string of the molecule is CCN(CCO)c1nc(Cl)nc2scc(-c3ccc(F)cc3)c12. The highest BCUT2D eigenvalue weighted by molar-refractivity contribution is 7.17. The van der Waals surface area contributed by atoms with E-state index in [2.05, 4.69) is 9.97 Å². The maximum atomic E-state index is 13.2. The fourth-order valence-corrected chi connectivity index (χ4v) is 3.66. The van der Waals surface area contributed by atoms with Gasteiger partial charge < -0.3 is 10.0 Å². The van der Waals surface area contributed by atoms with Gasteiger partial charge in [-0.15, -0.1) is 11.3 Å². The minimum absolute atomic E-state index is 0.0208. The monoisotopic (exact) mass is 351 g/mol. The Morgan fingerprint density at radius 3 is 2.65 bits per heavy atom. The highest BCUT2D eigenvalue weighted by Gasteiger charge is 2.18. The Hall–Kier alpha value is -1.76. The average molecular weight is 352 g/mol. The van der Waals surface area contributed by atoms with Gasteiger partial charge in [-0.3, -0.25) is 0 Å². The number of likely N-dealkylation sites (N-methyl/N-ethyl adjacent to an activating group) is 1. The second-order valence-electron chi connectivity index (χ2n) is 4.96. The van der Waals surface area contributed by atoms with Crippen LogP contribution in [0.4, 0.5) is 10.2 Å². The van der Waals surface area contributed by atoms with Crippen LogP contribution in [-0.4, -0.2) is 34.8 Å². The molecule has 7 heteroatoms. The van der Waals surface area contributed by atoms with Crippen LogP contribution in [0.25, 0.3) is 21.3 Å². The van der Waals surface area contributed by atoms with Gasteiger partial charge in [-0.05, 0) is 36.2 Å². The Labute approximate surface area is 142 Å². The summed E-state index contributed by atoms with van der Waals surface area (Å²) in [6, 6.07) is 6.33. The molecule has 0 saturated carbocycles. The number of hydrogen-bond donors (Lipinski definition) is 1. The average Bonchev–Trinajstić information content (AvgIpc) is 2.96. The number of aromatic nitrogens is 2. The summed E-state index contributed by atoms with van der Waals surface area (Å²) in [6.45, 7) is 3.15. The Balaban J connectivity index is 2.22. The fraction of sp³-hybridized carbons (Fsp3) is 0.250. The number of fused-ring (bicyclic) bond motifs is 1.